The second kappa shape index (κ2) is 7.51. The van der Waals surface area contributed by atoms with Gasteiger partial charge in [-0.3, -0.25) is 4.79 Å². The van der Waals surface area contributed by atoms with Crippen LogP contribution in [0.4, 0.5) is 0 Å². The van der Waals surface area contributed by atoms with E-state index in [2.05, 4.69) is 35.6 Å². The number of unbranched alkanes of at least 4 members (excludes halogenated alkanes) is 1. The minimum Gasteiger partial charge on any atom is -0.468 e. The number of carbonyl (C=O) groups excluding carboxylic acids is 1. The Morgan fingerprint density at radius 3 is 2.59 bits per heavy atom. The monoisotopic (exact) mass is 230 g/mol. The molecule has 2 heteroatoms. The normalized spacial score (nSPS) is 9.29. The van der Waals surface area contributed by atoms with Crippen molar-refractivity contribution in [3.63, 3.8) is 0 Å². The molecule has 0 fully saturated rings. The molecule has 0 N–H and O–H groups in total. The average molecular weight is 230 g/mol. The quantitative estimate of drug-likeness (QED) is 0.587. The highest BCUT2D eigenvalue weighted by molar-refractivity contribution is 5.72. The molecule has 0 amide bonds. The smallest absolute Gasteiger partial charge is 0.317 e. The Hall–Kier alpha value is -1.75. The SMILES string of the molecule is CCCCc1ccc(C#CCC(=O)OC)cc1. The number of carbonyl (C=O) groups is 1. The molecule has 1 rings (SSSR count). The van der Waals surface area contributed by atoms with Gasteiger partial charge in [0.15, 0.2) is 0 Å². The molecule has 1 aromatic rings. The topological polar surface area (TPSA) is 26.3 Å². The molecular formula is C15H18O2. The van der Waals surface area contributed by atoms with Crippen molar-refractivity contribution in [2.75, 3.05) is 7.11 Å². The van der Waals surface area contributed by atoms with E-state index in [1.807, 2.05) is 12.1 Å². The molecule has 0 radical (unpaired) electrons. The third-order valence-corrected chi connectivity index (χ3v) is 2.47. The third kappa shape index (κ3) is 5.21. The summed E-state index contributed by atoms with van der Waals surface area (Å²) in [5.41, 5.74) is 2.28. The highest BCUT2D eigenvalue weighted by Crippen LogP contribution is 2.07. The van der Waals surface area contributed by atoms with E-state index in [4.69, 9.17) is 0 Å². The molecule has 0 heterocycles. The summed E-state index contributed by atoms with van der Waals surface area (Å²) in [5, 5.41) is 0. The molecular weight excluding hydrogens is 212 g/mol. The van der Waals surface area contributed by atoms with Crippen molar-refractivity contribution < 1.29 is 9.53 Å². The summed E-state index contributed by atoms with van der Waals surface area (Å²) in [6.07, 6.45) is 3.69. The Morgan fingerprint density at radius 2 is 2.00 bits per heavy atom. The molecule has 0 aromatic heterocycles. The lowest BCUT2D eigenvalue weighted by molar-refractivity contribution is -0.139. The van der Waals surface area contributed by atoms with Crippen molar-refractivity contribution in [2.45, 2.75) is 32.6 Å². The summed E-state index contributed by atoms with van der Waals surface area (Å²) in [6, 6.07) is 8.18. The Bertz CT molecular complexity index is 407. The lowest BCUT2D eigenvalue weighted by Gasteiger charge is -1.99. The van der Waals surface area contributed by atoms with Gasteiger partial charge in [0.25, 0.3) is 0 Å². The van der Waals surface area contributed by atoms with E-state index >= 15 is 0 Å². The second-order valence-corrected chi connectivity index (χ2v) is 3.86. The number of aryl methyl sites for hydroxylation is 1. The van der Waals surface area contributed by atoms with Gasteiger partial charge in [-0.1, -0.05) is 37.3 Å². The number of esters is 1. The van der Waals surface area contributed by atoms with Gasteiger partial charge >= 0.3 is 5.97 Å². The van der Waals surface area contributed by atoms with E-state index in [-0.39, 0.29) is 12.4 Å². The van der Waals surface area contributed by atoms with Crippen LogP contribution in [0, 0.1) is 11.8 Å². The van der Waals surface area contributed by atoms with Crippen molar-refractivity contribution in [1.82, 2.24) is 0 Å². The average Bonchev–Trinajstić information content (AvgIpc) is 2.37. The Kier molecular flexibility index (Phi) is 5.88. The van der Waals surface area contributed by atoms with Crippen molar-refractivity contribution in [1.29, 1.82) is 0 Å². The number of methoxy groups -OCH3 is 1. The first-order valence-corrected chi connectivity index (χ1v) is 5.91. The van der Waals surface area contributed by atoms with Gasteiger partial charge in [-0.25, -0.2) is 0 Å². The van der Waals surface area contributed by atoms with Crippen LogP contribution in [-0.2, 0) is 16.0 Å². The standard InChI is InChI=1S/C15H18O2/c1-3-4-6-13-9-11-14(12-10-13)7-5-8-15(16)17-2/h9-12H,3-4,6,8H2,1-2H3. The first-order valence-electron chi connectivity index (χ1n) is 5.91. The van der Waals surface area contributed by atoms with E-state index in [0.717, 1.165) is 12.0 Å². The molecule has 0 aliphatic rings. The summed E-state index contributed by atoms with van der Waals surface area (Å²) < 4.78 is 4.51. The first-order chi connectivity index (χ1) is 8.26. The second-order valence-electron chi connectivity index (χ2n) is 3.86. The summed E-state index contributed by atoms with van der Waals surface area (Å²) >= 11 is 0. The van der Waals surface area contributed by atoms with Crippen LogP contribution in [0.2, 0.25) is 0 Å². The predicted octanol–water partition coefficient (Wildman–Crippen LogP) is 2.94. The Labute approximate surface area is 103 Å². The maximum atomic E-state index is 10.8. The van der Waals surface area contributed by atoms with Gasteiger partial charge in [0, 0.05) is 5.56 Å². The van der Waals surface area contributed by atoms with E-state index in [1.54, 1.807) is 0 Å². The lowest BCUT2D eigenvalue weighted by Crippen LogP contribution is -1.97. The number of ether oxygens (including phenoxy) is 1. The zero-order valence-corrected chi connectivity index (χ0v) is 10.5. The van der Waals surface area contributed by atoms with Gasteiger partial charge in [-0.2, -0.15) is 0 Å². The van der Waals surface area contributed by atoms with Gasteiger partial charge in [-0.05, 0) is 30.5 Å². The van der Waals surface area contributed by atoms with Crippen LogP contribution in [0.15, 0.2) is 24.3 Å². The van der Waals surface area contributed by atoms with Crippen molar-refractivity contribution in [3.05, 3.63) is 35.4 Å². The van der Waals surface area contributed by atoms with Crippen LogP contribution in [0.1, 0.15) is 37.3 Å². The molecule has 0 saturated heterocycles. The van der Waals surface area contributed by atoms with E-state index < -0.39 is 0 Å². The van der Waals surface area contributed by atoms with E-state index in [1.165, 1.54) is 25.5 Å². The minimum atomic E-state index is -0.294. The zero-order chi connectivity index (χ0) is 12.5. The molecule has 0 bridgehead atoms. The lowest BCUT2D eigenvalue weighted by atomic mass is 10.1. The molecule has 90 valence electrons. The molecule has 0 aliphatic carbocycles. The molecule has 0 aliphatic heterocycles. The number of hydrogen-bond acceptors (Lipinski definition) is 2. The summed E-state index contributed by atoms with van der Waals surface area (Å²) in [6.45, 7) is 2.19. The van der Waals surface area contributed by atoms with Crippen LogP contribution in [-0.4, -0.2) is 13.1 Å². The zero-order valence-electron chi connectivity index (χ0n) is 10.5. The maximum Gasteiger partial charge on any atom is 0.317 e. The number of benzene rings is 1. The van der Waals surface area contributed by atoms with Crippen LogP contribution in [0.5, 0.6) is 0 Å². The van der Waals surface area contributed by atoms with Gasteiger partial charge in [0.2, 0.25) is 0 Å². The fraction of sp³-hybridized carbons (Fsp3) is 0.400. The Balaban J connectivity index is 2.52. The number of rotatable bonds is 4. The van der Waals surface area contributed by atoms with E-state index in [9.17, 15) is 4.79 Å². The largest absolute Gasteiger partial charge is 0.468 e. The first kappa shape index (κ1) is 13.3. The molecule has 0 spiro atoms. The minimum absolute atomic E-state index is 0.147. The third-order valence-electron chi connectivity index (χ3n) is 2.47. The Morgan fingerprint density at radius 1 is 1.29 bits per heavy atom. The van der Waals surface area contributed by atoms with Crippen molar-refractivity contribution in [2.24, 2.45) is 0 Å². The molecule has 1 aromatic carbocycles. The van der Waals surface area contributed by atoms with Gasteiger partial charge in [0.05, 0.1) is 7.11 Å². The molecule has 2 nitrogen and oxygen atoms in total. The summed E-state index contributed by atoms with van der Waals surface area (Å²) in [5.74, 6) is 5.44. The molecule has 0 saturated carbocycles. The maximum absolute atomic E-state index is 10.8. The fourth-order valence-electron chi connectivity index (χ4n) is 1.43. The van der Waals surface area contributed by atoms with Gasteiger partial charge < -0.3 is 4.74 Å². The van der Waals surface area contributed by atoms with Gasteiger partial charge in [-0.15, -0.1) is 0 Å². The number of hydrogen-bond donors (Lipinski definition) is 0. The van der Waals surface area contributed by atoms with Crippen molar-refractivity contribution >= 4 is 5.97 Å². The fourth-order valence-corrected chi connectivity index (χ4v) is 1.43. The van der Waals surface area contributed by atoms with Crippen LogP contribution in [0.3, 0.4) is 0 Å². The van der Waals surface area contributed by atoms with Crippen LogP contribution in [0.25, 0.3) is 0 Å². The predicted molar refractivity (Wildman–Crippen MR) is 68.6 cm³/mol. The molecule has 17 heavy (non-hydrogen) atoms. The highest BCUT2D eigenvalue weighted by atomic mass is 16.5. The summed E-state index contributed by atoms with van der Waals surface area (Å²) in [4.78, 5) is 10.8. The van der Waals surface area contributed by atoms with Crippen molar-refractivity contribution in [3.8, 4) is 11.8 Å². The van der Waals surface area contributed by atoms with Gasteiger partial charge in [0.1, 0.15) is 6.42 Å². The van der Waals surface area contributed by atoms with E-state index in [0.29, 0.717) is 0 Å². The molecule has 0 atom stereocenters. The van der Waals surface area contributed by atoms with Crippen LogP contribution >= 0.6 is 0 Å². The molecule has 0 unspecified atom stereocenters. The highest BCUT2D eigenvalue weighted by Gasteiger charge is 1.94. The summed E-state index contributed by atoms with van der Waals surface area (Å²) in [7, 11) is 1.37. The van der Waals surface area contributed by atoms with Crippen LogP contribution < -0.4 is 0 Å².